The van der Waals surface area contributed by atoms with Crippen LogP contribution in [-0.2, 0) is 6.42 Å². The molecule has 0 saturated carbocycles. The van der Waals surface area contributed by atoms with Gasteiger partial charge in [-0.25, -0.2) is 23.1 Å². The first kappa shape index (κ1) is 13.3. The van der Waals surface area contributed by atoms with Crippen LogP contribution in [0.3, 0.4) is 0 Å². The molecule has 0 aliphatic rings. The van der Waals surface area contributed by atoms with Crippen molar-refractivity contribution < 1.29 is 13.2 Å². The maximum absolute atomic E-state index is 13.7. The Hall–Kier alpha value is -2.11. The zero-order chi connectivity index (χ0) is 14.0. The fraction of sp³-hybridized carbons (Fsp3) is 0.231. The van der Waals surface area contributed by atoms with E-state index < -0.39 is 17.5 Å². The van der Waals surface area contributed by atoms with Crippen LogP contribution < -0.4 is 5.32 Å². The van der Waals surface area contributed by atoms with Gasteiger partial charge in [-0.3, -0.25) is 0 Å². The minimum atomic E-state index is -1.22. The number of nitrogens with zero attached hydrogens (tertiary/aromatic N) is 2. The van der Waals surface area contributed by atoms with Crippen molar-refractivity contribution in [3.63, 3.8) is 0 Å². The molecular weight excluding hydrogens is 255 g/mol. The van der Waals surface area contributed by atoms with Gasteiger partial charge in [-0.05, 0) is 6.07 Å². The number of hydrogen-bond donors (Lipinski definition) is 1. The largest absolute Gasteiger partial charge is 0.373 e. The number of hydrogen-bond acceptors (Lipinski definition) is 3. The lowest BCUT2D eigenvalue weighted by Crippen LogP contribution is -2.02. The number of anilines is 1. The molecule has 1 aromatic carbocycles. The first-order valence-electron chi connectivity index (χ1n) is 5.75. The number of nitrogens with one attached hydrogen (secondary N) is 1. The van der Waals surface area contributed by atoms with Crippen LogP contribution in [-0.4, -0.2) is 17.0 Å². The Balaban J connectivity index is 2.61. The van der Waals surface area contributed by atoms with Crippen LogP contribution in [0.1, 0.15) is 12.7 Å². The molecule has 1 heterocycles. The second-order valence-corrected chi connectivity index (χ2v) is 3.90. The summed E-state index contributed by atoms with van der Waals surface area (Å²) in [6.45, 7) is 1.85. The van der Waals surface area contributed by atoms with Gasteiger partial charge in [0.05, 0.1) is 5.69 Å². The van der Waals surface area contributed by atoms with Crippen LogP contribution in [0.4, 0.5) is 19.0 Å². The molecule has 3 nitrogen and oxygen atoms in total. The van der Waals surface area contributed by atoms with Crippen molar-refractivity contribution >= 4 is 5.82 Å². The van der Waals surface area contributed by atoms with Gasteiger partial charge in [0.25, 0.3) is 0 Å². The summed E-state index contributed by atoms with van der Waals surface area (Å²) in [6.07, 6.45) is 0.549. The van der Waals surface area contributed by atoms with Crippen molar-refractivity contribution in [2.24, 2.45) is 0 Å². The first-order valence-corrected chi connectivity index (χ1v) is 5.75. The van der Waals surface area contributed by atoms with E-state index in [9.17, 15) is 13.2 Å². The molecule has 1 N–H and O–H groups in total. The zero-order valence-corrected chi connectivity index (χ0v) is 10.5. The predicted octanol–water partition coefficient (Wildman–Crippen LogP) is 3.17. The molecule has 0 unspecified atom stereocenters. The van der Waals surface area contributed by atoms with Crippen molar-refractivity contribution in [2.45, 2.75) is 13.3 Å². The van der Waals surface area contributed by atoms with E-state index in [4.69, 9.17) is 0 Å². The lowest BCUT2D eigenvalue weighted by molar-refractivity contribution is 0.496. The fourth-order valence-corrected chi connectivity index (χ4v) is 1.64. The third kappa shape index (κ3) is 2.67. The van der Waals surface area contributed by atoms with E-state index in [1.165, 1.54) is 6.07 Å². The van der Waals surface area contributed by atoms with Crippen LogP contribution >= 0.6 is 0 Å². The second kappa shape index (κ2) is 5.26. The van der Waals surface area contributed by atoms with E-state index in [2.05, 4.69) is 15.3 Å². The summed E-state index contributed by atoms with van der Waals surface area (Å²) in [5, 5.41) is 2.82. The molecule has 0 atom stereocenters. The van der Waals surface area contributed by atoms with Gasteiger partial charge >= 0.3 is 0 Å². The highest BCUT2D eigenvalue weighted by Crippen LogP contribution is 2.25. The molecule has 0 fully saturated rings. The maximum Gasteiger partial charge on any atom is 0.161 e. The van der Waals surface area contributed by atoms with Crippen LogP contribution in [0.2, 0.25) is 0 Å². The zero-order valence-electron chi connectivity index (χ0n) is 10.5. The van der Waals surface area contributed by atoms with Gasteiger partial charge < -0.3 is 5.32 Å². The first-order chi connectivity index (χ1) is 9.05. The van der Waals surface area contributed by atoms with Crippen molar-refractivity contribution in [2.75, 3.05) is 12.4 Å². The van der Waals surface area contributed by atoms with Crippen LogP contribution in [0.25, 0.3) is 11.3 Å². The van der Waals surface area contributed by atoms with Crippen molar-refractivity contribution in [1.29, 1.82) is 0 Å². The van der Waals surface area contributed by atoms with Crippen molar-refractivity contribution in [3.8, 4) is 11.3 Å². The summed E-state index contributed by atoms with van der Waals surface area (Å²) in [5.41, 5.74) is 0.125. The highest BCUT2D eigenvalue weighted by molar-refractivity contribution is 5.63. The van der Waals surface area contributed by atoms with Crippen LogP contribution in [0.5, 0.6) is 0 Å². The maximum atomic E-state index is 13.7. The molecule has 0 radical (unpaired) electrons. The van der Waals surface area contributed by atoms with Crippen LogP contribution in [0, 0.1) is 17.5 Å². The molecule has 1 aromatic heterocycles. The molecule has 2 aromatic rings. The summed E-state index contributed by atoms with van der Waals surface area (Å²) >= 11 is 0. The molecule has 0 spiro atoms. The Morgan fingerprint density at radius 3 is 2.32 bits per heavy atom. The third-order valence-electron chi connectivity index (χ3n) is 2.63. The molecule has 0 aliphatic heterocycles. The Morgan fingerprint density at radius 1 is 1.00 bits per heavy atom. The third-order valence-corrected chi connectivity index (χ3v) is 2.63. The summed E-state index contributed by atoms with van der Waals surface area (Å²) in [4.78, 5) is 8.27. The SMILES string of the molecule is CCc1nc(NC)cc(-c2cc(F)c(F)cc2F)n1. The fourth-order valence-electron chi connectivity index (χ4n) is 1.64. The summed E-state index contributed by atoms with van der Waals surface area (Å²) in [7, 11) is 1.66. The number of rotatable bonds is 3. The number of benzene rings is 1. The molecular formula is C13H12F3N3. The lowest BCUT2D eigenvalue weighted by atomic mass is 10.1. The van der Waals surface area contributed by atoms with Gasteiger partial charge in [0.15, 0.2) is 11.6 Å². The average molecular weight is 267 g/mol. The monoisotopic (exact) mass is 267 g/mol. The quantitative estimate of drug-likeness (QED) is 0.868. The highest BCUT2D eigenvalue weighted by atomic mass is 19.2. The molecule has 100 valence electrons. The summed E-state index contributed by atoms with van der Waals surface area (Å²) < 4.78 is 39.8. The van der Waals surface area contributed by atoms with Gasteiger partial charge in [-0.15, -0.1) is 0 Å². The second-order valence-electron chi connectivity index (χ2n) is 3.90. The Bertz CT molecular complexity index is 592. The number of aryl methyl sites for hydroxylation is 1. The smallest absolute Gasteiger partial charge is 0.161 e. The molecule has 0 amide bonds. The minimum Gasteiger partial charge on any atom is -0.373 e. The van der Waals surface area contributed by atoms with E-state index in [0.29, 0.717) is 24.1 Å². The lowest BCUT2D eigenvalue weighted by Gasteiger charge is -2.08. The van der Waals surface area contributed by atoms with Gasteiger partial charge in [0, 0.05) is 31.2 Å². The normalized spacial score (nSPS) is 10.6. The Labute approximate surface area is 108 Å². The van der Waals surface area contributed by atoms with E-state index in [1.54, 1.807) is 7.05 Å². The highest BCUT2D eigenvalue weighted by Gasteiger charge is 2.14. The minimum absolute atomic E-state index is 0.0903. The van der Waals surface area contributed by atoms with Crippen LogP contribution in [0.15, 0.2) is 18.2 Å². The molecule has 0 aliphatic carbocycles. The van der Waals surface area contributed by atoms with Gasteiger partial charge in [-0.1, -0.05) is 6.92 Å². The average Bonchev–Trinajstić information content (AvgIpc) is 2.42. The van der Waals surface area contributed by atoms with E-state index in [-0.39, 0.29) is 11.3 Å². The van der Waals surface area contributed by atoms with Gasteiger partial charge in [-0.2, -0.15) is 0 Å². The number of halogens is 3. The van der Waals surface area contributed by atoms with Gasteiger partial charge in [0.2, 0.25) is 0 Å². The summed E-state index contributed by atoms with van der Waals surface area (Å²) in [6, 6.07) is 2.79. The van der Waals surface area contributed by atoms with Gasteiger partial charge in [0.1, 0.15) is 17.5 Å². The predicted molar refractivity (Wildman–Crippen MR) is 66.3 cm³/mol. The molecule has 2 rings (SSSR count). The van der Waals surface area contributed by atoms with Crippen molar-refractivity contribution in [3.05, 3.63) is 41.5 Å². The number of aromatic nitrogens is 2. The Morgan fingerprint density at radius 2 is 1.68 bits per heavy atom. The van der Waals surface area contributed by atoms with Crippen molar-refractivity contribution in [1.82, 2.24) is 9.97 Å². The van der Waals surface area contributed by atoms with E-state index in [0.717, 1.165) is 6.07 Å². The Kier molecular flexibility index (Phi) is 3.69. The van der Waals surface area contributed by atoms with E-state index >= 15 is 0 Å². The topological polar surface area (TPSA) is 37.8 Å². The molecule has 0 saturated heterocycles. The standard InChI is InChI=1S/C13H12F3N3/c1-3-12-18-11(6-13(17-2)19-12)7-4-9(15)10(16)5-8(7)14/h4-6H,3H2,1-2H3,(H,17,18,19). The molecule has 19 heavy (non-hydrogen) atoms. The molecule has 6 heteroatoms. The molecule has 0 bridgehead atoms. The van der Waals surface area contributed by atoms with E-state index in [1.807, 2.05) is 6.92 Å². The summed E-state index contributed by atoms with van der Waals surface area (Å²) in [5.74, 6) is -2.21.